The molecular formula is C18H18N2S. The van der Waals surface area contributed by atoms with Gasteiger partial charge in [0.2, 0.25) is 0 Å². The number of aliphatic imine (C=N–C) groups is 1. The van der Waals surface area contributed by atoms with Crippen LogP contribution in [0.4, 0.5) is 5.69 Å². The van der Waals surface area contributed by atoms with Crippen molar-refractivity contribution >= 4 is 34.6 Å². The maximum Gasteiger partial charge on any atom is 0.0765 e. The summed E-state index contributed by atoms with van der Waals surface area (Å²) < 4.78 is 2.22. The largest absolute Gasteiger partial charge is 0.347 e. The number of para-hydroxylation sites is 2. The van der Waals surface area contributed by atoms with Crippen LogP contribution in [0.3, 0.4) is 0 Å². The fraction of sp³-hybridized carbons (Fsp3) is 0.167. The lowest BCUT2D eigenvalue weighted by atomic mass is 10.1. The van der Waals surface area contributed by atoms with Crippen molar-refractivity contribution in [3.63, 3.8) is 0 Å². The number of aryl methyl sites for hydroxylation is 1. The van der Waals surface area contributed by atoms with Crippen molar-refractivity contribution in [3.05, 3.63) is 59.8 Å². The smallest absolute Gasteiger partial charge is 0.0765 e. The SMILES string of the molecule is CSc1ccccc1N=Cc1c(C)n(C)c2ccccc12. The molecule has 2 nitrogen and oxygen atoms in total. The van der Waals surface area contributed by atoms with Gasteiger partial charge in [-0.25, -0.2) is 0 Å². The summed E-state index contributed by atoms with van der Waals surface area (Å²) in [5, 5.41) is 1.25. The summed E-state index contributed by atoms with van der Waals surface area (Å²) in [6.07, 6.45) is 4.07. The highest BCUT2D eigenvalue weighted by atomic mass is 32.2. The fourth-order valence-corrected chi connectivity index (χ4v) is 3.13. The van der Waals surface area contributed by atoms with Gasteiger partial charge in [0.15, 0.2) is 0 Å². The van der Waals surface area contributed by atoms with Crippen molar-refractivity contribution in [3.8, 4) is 0 Å². The van der Waals surface area contributed by atoms with Crippen molar-refractivity contribution in [2.45, 2.75) is 11.8 Å². The van der Waals surface area contributed by atoms with Gasteiger partial charge in [0.25, 0.3) is 0 Å². The molecule has 0 bridgehead atoms. The lowest BCUT2D eigenvalue weighted by Gasteiger charge is -2.01. The van der Waals surface area contributed by atoms with Crippen molar-refractivity contribution in [1.29, 1.82) is 0 Å². The summed E-state index contributed by atoms with van der Waals surface area (Å²) in [7, 11) is 2.10. The van der Waals surface area contributed by atoms with Crippen LogP contribution in [-0.4, -0.2) is 17.0 Å². The molecule has 3 aromatic rings. The number of fused-ring (bicyclic) bond motifs is 1. The minimum Gasteiger partial charge on any atom is -0.347 e. The van der Waals surface area contributed by atoms with Gasteiger partial charge in [0.1, 0.15) is 0 Å². The third-order valence-corrected chi connectivity index (χ3v) is 4.65. The number of aromatic nitrogens is 1. The Kier molecular flexibility index (Phi) is 3.84. The number of hydrogen-bond donors (Lipinski definition) is 0. The van der Waals surface area contributed by atoms with E-state index in [4.69, 9.17) is 4.99 Å². The third kappa shape index (κ3) is 2.49. The van der Waals surface area contributed by atoms with E-state index in [-0.39, 0.29) is 0 Å². The molecule has 21 heavy (non-hydrogen) atoms. The Bertz CT molecular complexity index is 815. The van der Waals surface area contributed by atoms with Crippen LogP contribution >= 0.6 is 11.8 Å². The van der Waals surface area contributed by atoms with Gasteiger partial charge in [0.05, 0.1) is 5.69 Å². The van der Waals surface area contributed by atoms with Gasteiger partial charge >= 0.3 is 0 Å². The second-order valence-corrected chi connectivity index (χ2v) is 5.85. The molecule has 0 saturated carbocycles. The topological polar surface area (TPSA) is 17.3 Å². The Balaban J connectivity index is 2.10. The van der Waals surface area contributed by atoms with Crippen LogP contribution < -0.4 is 0 Å². The second kappa shape index (κ2) is 5.78. The van der Waals surface area contributed by atoms with Gasteiger partial charge < -0.3 is 4.57 Å². The van der Waals surface area contributed by atoms with Crippen LogP contribution in [0.15, 0.2) is 58.4 Å². The minimum absolute atomic E-state index is 1.03. The first kappa shape index (κ1) is 14.0. The van der Waals surface area contributed by atoms with Gasteiger partial charge in [-0.2, -0.15) is 0 Å². The fourth-order valence-electron chi connectivity index (χ4n) is 2.58. The van der Waals surface area contributed by atoms with Crippen molar-refractivity contribution in [2.24, 2.45) is 12.0 Å². The summed E-state index contributed by atoms with van der Waals surface area (Å²) in [5.41, 5.74) is 4.71. The molecule has 0 saturated heterocycles. The molecule has 0 unspecified atom stereocenters. The molecular weight excluding hydrogens is 276 g/mol. The summed E-state index contributed by atoms with van der Waals surface area (Å²) in [6.45, 7) is 2.14. The monoisotopic (exact) mass is 294 g/mol. The highest BCUT2D eigenvalue weighted by Gasteiger charge is 2.09. The first-order chi connectivity index (χ1) is 10.2. The van der Waals surface area contributed by atoms with Crippen LogP contribution in [0.25, 0.3) is 10.9 Å². The van der Waals surface area contributed by atoms with Crippen molar-refractivity contribution < 1.29 is 0 Å². The molecule has 1 heterocycles. The Morgan fingerprint density at radius 3 is 2.57 bits per heavy atom. The predicted octanol–water partition coefficient (Wildman–Crippen LogP) is 4.96. The lowest BCUT2D eigenvalue weighted by molar-refractivity contribution is 0.917. The first-order valence-electron chi connectivity index (χ1n) is 6.93. The molecule has 0 amide bonds. The molecule has 0 aliphatic heterocycles. The Morgan fingerprint density at radius 1 is 1.05 bits per heavy atom. The molecule has 0 fully saturated rings. The Hall–Kier alpha value is -2.00. The molecule has 0 atom stereocenters. The maximum absolute atomic E-state index is 4.71. The molecule has 106 valence electrons. The highest BCUT2D eigenvalue weighted by Crippen LogP contribution is 2.28. The molecule has 0 radical (unpaired) electrons. The Morgan fingerprint density at radius 2 is 1.76 bits per heavy atom. The average molecular weight is 294 g/mol. The van der Waals surface area contributed by atoms with Crippen LogP contribution in [0.2, 0.25) is 0 Å². The standard InChI is InChI=1S/C18H18N2S/c1-13-15(14-8-4-6-10-17(14)20(13)2)12-19-16-9-5-7-11-18(16)21-3/h4-12H,1-3H3. The predicted molar refractivity (Wildman–Crippen MR) is 93.1 cm³/mol. The maximum atomic E-state index is 4.71. The zero-order valence-electron chi connectivity index (χ0n) is 12.5. The van der Waals surface area contributed by atoms with Gasteiger partial charge in [-0.15, -0.1) is 11.8 Å². The van der Waals surface area contributed by atoms with E-state index in [0.29, 0.717) is 0 Å². The molecule has 1 aromatic heterocycles. The number of hydrogen-bond acceptors (Lipinski definition) is 2. The summed E-state index contributed by atoms with van der Waals surface area (Å²) in [5.74, 6) is 0. The van der Waals surface area contributed by atoms with E-state index in [0.717, 1.165) is 5.69 Å². The Labute approximate surface area is 129 Å². The molecule has 0 aliphatic carbocycles. The molecule has 3 heteroatoms. The third-order valence-electron chi connectivity index (χ3n) is 3.87. The van der Waals surface area contributed by atoms with Crippen molar-refractivity contribution in [1.82, 2.24) is 4.57 Å². The zero-order chi connectivity index (χ0) is 14.8. The van der Waals surface area contributed by atoms with Gasteiger partial charge in [-0.3, -0.25) is 4.99 Å². The molecule has 0 spiro atoms. The summed E-state index contributed by atoms with van der Waals surface area (Å²) >= 11 is 1.72. The van der Waals surface area contributed by atoms with Gasteiger partial charge in [0, 0.05) is 40.3 Å². The zero-order valence-corrected chi connectivity index (χ0v) is 13.3. The highest BCUT2D eigenvalue weighted by molar-refractivity contribution is 7.98. The number of thioether (sulfide) groups is 1. The van der Waals surface area contributed by atoms with Crippen LogP contribution in [0, 0.1) is 6.92 Å². The summed E-state index contributed by atoms with van der Waals surface area (Å²) in [6, 6.07) is 16.7. The van der Waals surface area contributed by atoms with Crippen LogP contribution in [0.5, 0.6) is 0 Å². The van der Waals surface area contributed by atoms with E-state index < -0.39 is 0 Å². The van der Waals surface area contributed by atoms with E-state index in [2.05, 4.69) is 61.2 Å². The molecule has 0 aliphatic rings. The molecule has 0 N–H and O–H groups in total. The van der Waals surface area contributed by atoms with Gasteiger partial charge in [-0.1, -0.05) is 30.3 Å². The van der Waals surface area contributed by atoms with E-state index >= 15 is 0 Å². The van der Waals surface area contributed by atoms with Crippen LogP contribution in [0.1, 0.15) is 11.3 Å². The van der Waals surface area contributed by atoms with E-state index in [1.54, 1.807) is 11.8 Å². The normalized spacial score (nSPS) is 11.6. The quantitative estimate of drug-likeness (QED) is 0.493. The summed E-state index contributed by atoms with van der Waals surface area (Å²) in [4.78, 5) is 5.91. The average Bonchev–Trinajstić information content (AvgIpc) is 2.78. The van der Waals surface area contributed by atoms with E-state index in [1.807, 2.05) is 18.3 Å². The lowest BCUT2D eigenvalue weighted by Crippen LogP contribution is -1.91. The minimum atomic E-state index is 1.03. The molecule has 2 aromatic carbocycles. The van der Waals surface area contributed by atoms with E-state index in [1.165, 1.54) is 27.1 Å². The number of rotatable bonds is 3. The van der Waals surface area contributed by atoms with Crippen molar-refractivity contribution in [2.75, 3.05) is 6.26 Å². The number of benzene rings is 2. The first-order valence-corrected chi connectivity index (χ1v) is 8.16. The van der Waals surface area contributed by atoms with E-state index in [9.17, 15) is 0 Å². The molecule has 3 rings (SSSR count). The van der Waals surface area contributed by atoms with Gasteiger partial charge in [-0.05, 0) is 31.4 Å². The number of nitrogens with zero attached hydrogens (tertiary/aromatic N) is 2. The van der Waals surface area contributed by atoms with Crippen LogP contribution in [-0.2, 0) is 7.05 Å². The second-order valence-electron chi connectivity index (χ2n) is 5.01.